The van der Waals surface area contributed by atoms with Crippen LogP contribution in [0.2, 0.25) is 0 Å². The Kier molecular flexibility index (Phi) is 10.2. The zero-order valence-corrected chi connectivity index (χ0v) is 10.9. The van der Waals surface area contributed by atoms with Crippen molar-refractivity contribution >= 4 is 5.78 Å². The molecule has 16 heavy (non-hydrogen) atoms. The molecule has 2 N–H and O–H groups in total. The van der Waals surface area contributed by atoms with E-state index in [9.17, 15) is 4.79 Å². The minimum atomic E-state index is 0.105. The number of hydrogen-bond donors (Lipinski definition) is 1. The highest BCUT2D eigenvalue weighted by atomic mass is 16.1. The maximum atomic E-state index is 11.4. The molecule has 0 spiro atoms. The predicted octanol–water partition coefficient (Wildman–Crippen LogP) is 3.95. The summed E-state index contributed by atoms with van der Waals surface area (Å²) in [6, 6.07) is 0. The van der Waals surface area contributed by atoms with Gasteiger partial charge in [-0.1, -0.05) is 57.9 Å². The Morgan fingerprint density at radius 2 is 1.50 bits per heavy atom. The first-order valence-corrected chi connectivity index (χ1v) is 6.67. The highest BCUT2D eigenvalue weighted by Crippen LogP contribution is 2.10. The second kappa shape index (κ2) is 10.7. The maximum Gasteiger partial charge on any atom is 0.178 e. The van der Waals surface area contributed by atoms with Gasteiger partial charge in [-0.25, -0.2) is 0 Å². The number of carbonyl (C=O) groups excluding carboxylic acids is 1. The highest BCUT2D eigenvalue weighted by molar-refractivity contribution is 5.94. The van der Waals surface area contributed by atoms with Gasteiger partial charge in [0, 0.05) is 6.42 Å². The molecule has 0 unspecified atom stereocenters. The number of ketones is 1. The van der Waals surface area contributed by atoms with Gasteiger partial charge in [0.05, 0.1) is 5.70 Å². The van der Waals surface area contributed by atoms with Gasteiger partial charge >= 0.3 is 0 Å². The van der Waals surface area contributed by atoms with Gasteiger partial charge in [0.25, 0.3) is 0 Å². The Labute approximate surface area is 100 Å². The third kappa shape index (κ3) is 8.51. The fourth-order valence-electron chi connectivity index (χ4n) is 1.72. The monoisotopic (exact) mass is 225 g/mol. The lowest BCUT2D eigenvalue weighted by Gasteiger charge is -2.02. The van der Waals surface area contributed by atoms with Crippen molar-refractivity contribution in [2.45, 2.75) is 71.6 Å². The van der Waals surface area contributed by atoms with Gasteiger partial charge in [-0.2, -0.15) is 0 Å². The van der Waals surface area contributed by atoms with E-state index in [1.807, 2.05) is 0 Å². The van der Waals surface area contributed by atoms with E-state index >= 15 is 0 Å². The molecule has 0 aliphatic rings. The third-order valence-electron chi connectivity index (χ3n) is 2.89. The molecule has 0 aromatic rings. The standard InChI is InChI=1S/C14H27NO/c1-3-5-6-7-8-9-10-11-12-14(16)13(15)4-2/h4H,3,5-12,15H2,1-2H3. The van der Waals surface area contributed by atoms with Crippen molar-refractivity contribution in [3.63, 3.8) is 0 Å². The summed E-state index contributed by atoms with van der Waals surface area (Å²) >= 11 is 0. The molecule has 2 heteroatoms. The molecule has 0 saturated carbocycles. The SMILES string of the molecule is CC=C(N)C(=O)CCCCCCCCCC. The second-order valence-electron chi connectivity index (χ2n) is 4.39. The number of allylic oxidation sites excluding steroid dienone is 2. The molecular weight excluding hydrogens is 198 g/mol. The van der Waals surface area contributed by atoms with E-state index in [1.165, 1.54) is 38.5 Å². The summed E-state index contributed by atoms with van der Waals surface area (Å²) in [6.45, 7) is 4.04. The maximum absolute atomic E-state index is 11.4. The first-order chi connectivity index (χ1) is 7.72. The molecule has 0 aromatic carbocycles. The molecule has 94 valence electrons. The Balaban J connectivity index is 3.24. The molecule has 2 nitrogen and oxygen atoms in total. The number of Topliss-reactive ketones (excluding diaryl/α,β-unsaturated/α-hetero) is 1. The van der Waals surface area contributed by atoms with E-state index in [0.717, 1.165) is 12.8 Å². The Morgan fingerprint density at radius 3 is 2.00 bits per heavy atom. The Bertz CT molecular complexity index is 209. The summed E-state index contributed by atoms with van der Waals surface area (Å²) in [4.78, 5) is 11.4. The van der Waals surface area contributed by atoms with Crippen molar-refractivity contribution in [2.24, 2.45) is 5.73 Å². The predicted molar refractivity (Wildman–Crippen MR) is 70.2 cm³/mol. The zero-order chi connectivity index (χ0) is 12.2. The van der Waals surface area contributed by atoms with Crippen LogP contribution in [0.15, 0.2) is 11.8 Å². The van der Waals surface area contributed by atoms with Gasteiger partial charge in [0.2, 0.25) is 0 Å². The van der Waals surface area contributed by atoms with E-state index in [-0.39, 0.29) is 5.78 Å². The minimum absolute atomic E-state index is 0.105. The normalized spacial score (nSPS) is 11.8. The molecule has 0 fully saturated rings. The molecule has 0 saturated heterocycles. The number of unbranched alkanes of at least 4 members (excludes halogenated alkanes) is 7. The van der Waals surface area contributed by atoms with Gasteiger partial charge in [-0.05, 0) is 13.3 Å². The molecule has 0 aromatic heterocycles. The van der Waals surface area contributed by atoms with Crippen LogP contribution in [0.1, 0.15) is 71.6 Å². The van der Waals surface area contributed by atoms with E-state index in [1.54, 1.807) is 13.0 Å². The minimum Gasteiger partial charge on any atom is -0.396 e. The number of carbonyl (C=O) groups is 1. The fraction of sp³-hybridized carbons (Fsp3) is 0.786. The van der Waals surface area contributed by atoms with Crippen molar-refractivity contribution in [1.82, 2.24) is 0 Å². The van der Waals surface area contributed by atoms with Gasteiger partial charge in [-0.3, -0.25) is 4.79 Å². The van der Waals surface area contributed by atoms with Crippen LogP contribution in [-0.4, -0.2) is 5.78 Å². The van der Waals surface area contributed by atoms with Crippen molar-refractivity contribution in [1.29, 1.82) is 0 Å². The molecule has 0 rings (SSSR count). The smallest absolute Gasteiger partial charge is 0.178 e. The lowest BCUT2D eigenvalue weighted by Crippen LogP contribution is -2.10. The van der Waals surface area contributed by atoms with Gasteiger partial charge in [0.15, 0.2) is 5.78 Å². The number of nitrogens with two attached hydrogens (primary N) is 1. The van der Waals surface area contributed by atoms with E-state index in [2.05, 4.69) is 6.92 Å². The first-order valence-electron chi connectivity index (χ1n) is 6.67. The topological polar surface area (TPSA) is 43.1 Å². The first kappa shape index (κ1) is 15.2. The van der Waals surface area contributed by atoms with Crippen molar-refractivity contribution in [3.8, 4) is 0 Å². The Hall–Kier alpha value is -0.790. The van der Waals surface area contributed by atoms with Gasteiger partial charge in [-0.15, -0.1) is 0 Å². The van der Waals surface area contributed by atoms with E-state index < -0.39 is 0 Å². The molecule has 0 aliphatic carbocycles. The quantitative estimate of drug-likeness (QED) is 0.452. The summed E-state index contributed by atoms with van der Waals surface area (Å²) in [5, 5.41) is 0. The lowest BCUT2D eigenvalue weighted by atomic mass is 10.1. The average molecular weight is 225 g/mol. The van der Waals surface area contributed by atoms with E-state index in [4.69, 9.17) is 5.73 Å². The van der Waals surface area contributed by atoms with Crippen LogP contribution in [0, 0.1) is 0 Å². The zero-order valence-electron chi connectivity index (χ0n) is 10.9. The molecule has 0 heterocycles. The van der Waals surface area contributed by atoms with Crippen molar-refractivity contribution < 1.29 is 4.79 Å². The van der Waals surface area contributed by atoms with Crippen LogP contribution in [0.5, 0.6) is 0 Å². The van der Waals surface area contributed by atoms with Crippen molar-refractivity contribution in [3.05, 3.63) is 11.8 Å². The lowest BCUT2D eigenvalue weighted by molar-refractivity contribution is -0.115. The molecule has 0 atom stereocenters. The summed E-state index contributed by atoms with van der Waals surface area (Å²) in [5.74, 6) is 0.105. The molecule has 0 aliphatic heterocycles. The Morgan fingerprint density at radius 1 is 1.00 bits per heavy atom. The van der Waals surface area contributed by atoms with Gasteiger partial charge < -0.3 is 5.73 Å². The summed E-state index contributed by atoms with van der Waals surface area (Å²) in [5.41, 5.74) is 5.94. The molecular formula is C14H27NO. The van der Waals surface area contributed by atoms with Crippen LogP contribution < -0.4 is 5.73 Å². The highest BCUT2D eigenvalue weighted by Gasteiger charge is 2.03. The van der Waals surface area contributed by atoms with Crippen LogP contribution in [-0.2, 0) is 4.79 Å². The second-order valence-corrected chi connectivity index (χ2v) is 4.39. The average Bonchev–Trinajstić information content (AvgIpc) is 2.31. The fourth-order valence-corrected chi connectivity index (χ4v) is 1.72. The summed E-state index contributed by atoms with van der Waals surface area (Å²) in [7, 11) is 0. The number of rotatable bonds is 10. The van der Waals surface area contributed by atoms with Crippen LogP contribution in [0.4, 0.5) is 0 Å². The largest absolute Gasteiger partial charge is 0.396 e. The molecule has 0 radical (unpaired) electrons. The number of hydrogen-bond acceptors (Lipinski definition) is 2. The van der Waals surface area contributed by atoms with Crippen molar-refractivity contribution in [2.75, 3.05) is 0 Å². The van der Waals surface area contributed by atoms with Crippen LogP contribution in [0.3, 0.4) is 0 Å². The summed E-state index contributed by atoms with van der Waals surface area (Å²) in [6.07, 6.45) is 12.4. The molecule has 0 amide bonds. The van der Waals surface area contributed by atoms with Crippen LogP contribution in [0.25, 0.3) is 0 Å². The molecule has 0 bridgehead atoms. The summed E-state index contributed by atoms with van der Waals surface area (Å²) < 4.78 is 0. The van der Waals surface area contributed by atoms with E-state index in [0.29, 0.717) is 12.1 Å². The van der Waals surface area contributed by atoms with Crippen LogP contribution >= 0.6 is 0 Å². The van der Waals surface area contributed by atoms with Gasteiger partial charge in [0.1, 0.15) is 0 Å². The third-order valence-corrected chi connectivity index (χ3v) is 2.89.